The van der Waals surface area contributed by atoms with Crippen molar-refractivity contribution in [1.82, 2.24) is 0 Å². The van der Waals surface area contributed by atoms with Crippen LogP contribution in [0.2, 0.25) is 0 Å². The van der Waals surface area contributed by atoms with Crippen LogP contribution in [-0.4, -0.2) is 30.5 Å². The molecular weight excluding hydrogens is 396 g/mol. The first-order valence-electron chi connectivity index (χ1n) is 8.89. The van der Waals surface area contributed by atoms with Crippen LogP contribution < -0.4 is 11.1 Å². The molecule has 3 N–H and O–H groups in total. The molecule has 0 bridgehead atoms. The van der Waals surface area contributed by atoms with Crippen LogP contribution in [0.25, 0.3) is 11.0 Å². The Bertz CT molecular complexity index is 1050. The number of rotatable bonds is 8. The molecule has 0 saturated heterocycles. The average Bonchev–Trinajstić information content (AvgIpc) is 3.30. The molecule has 1 aromatic carbocycles. The second-order valence-corrected chi connectivity index (χ2v) is 7.02. The standard InChI is InChI=1S/C20H20N2O6S/c1-3-26-10-14-12-6-4-5-7-15(12)28-16(14)20(25)27-11(2)18(24)22-19-13(17(21)23)8-9-29-19/h4-9,11H,3,10H2,1-2H3,(H2,21,23)(H,22,24)/t11-/m0/s1. The number of ether oxygens (including phenoxy) is 2. The predicted molar refractivity (Wildman–Crippen MR) is 108 cm³/mol. The summed E-state index contributed by atoms with van der Waals surface area (Å²) in [5.74, 6) is -2.03. The van der Waals surface area contributed by atoms with Crippen molar-refractivity contribution in [2.24, 2.45) is 5.73 Å². The van der Waals surface area contributed by atoms with Crippen molar-refractivity contribution in [2.75, 3.05) is 11.9 Å². The molecule has 0 aliphatic heterocycles. The van der Waals surface area contributed by atoms with Gasteiger partial charge in [0.15, 0.2) is 6.10 Å². The molecule has 8 nitrogen and oxygen atoms in total. The lowest BCUT2D eigenvalue weighted by Gasteiger charge is -2.13. The molecule has 3 aromatic rings. The summed E-state index contributed by atoms with van der Waals surface area (Å²) in [6.45, 7) is 3.92. The average molecular weight is 416 g/mol. The second-order valence-electron chi connectivity index (χ2n) is 6.11. The van der Waals surface area contributed by atoms with Crippen molar-refractivity contribution in [3.63, 3.8) is 0 Å². The maximum Gasteiger partial charge on any atom is 0.375 e. The number of para-hydroxylation sites is 1. The highest BCUT2D eigenvalue weighted by atomic mass is 32.1. The van der Waals surface area contributed by atoms with Crippen molar-refractivity contribution >= 4 is 45.1 Å². The molecule has 0 unspecified atom stereocenters. The van der Waals surface area contributed by atoms with Crippen molar-refractivity contribution < 1.29 is 28.3 Å². The van der Waals surface area contributed by atoms with E-state index in [-0.39, 0.29) is 17.9 Å². The van der Waals surface area contributed by atoms with Crippen molar-refractivity contribution in [2.45, 2.75) is 26.6 Å². The van der Waals surface area contributed by atoms with Gasteiger partial charge in [-0.25, -0.2) is 4.79 Å². The summed E-state index contributed by atoms with van der Waals surface area (Å²) in [6, 6.07) is 8.68. The Balaban J connectivity index is 1.76. The predicted octanol–water partition coefficient (Wildman–Crippen LogP) is 3.31. The molecule has 29 heavy (non-hydrogen) atoms. The maximum absolute atomic E-state index is 12.7. The van der Waals surface area contributed by atoms with Crippen LogP contribution in [0, 0.1) is 0 Å². The van der Waals surface area contributed by atoms with Gasteiger partial charge in [0.25, 0.3) is 11.8 Å². The number of primary amides is 1. The number of nitrogens with one attached hydrogen (secondary N) is 1. The van der Waals surface area contributed by atoms with Crippen LogP contribution in [0.1, 0.15) is 40.3 Å². The molecular formula is C20H20N2O6S. The molecule has 1 atom stereocenters. The van der Waals surface area contributed by atoms with Crippen LogP contribution in [0.5, 0.6) is 0 Å². The zero-order valence-electron chi connectivity index (χ0n) is 15.9. The van der Waals surface area contributed by atoms with Gasteiger partial charge < -0.3 is 24.9 Å². The number of fused-ring (bicyclic) bond motifs is 1. The Morgan fingerprint density at radius 2 is 2.00 bits per heavy atom. The molecule has 0 fully saturated rings. The Morgan fingerprint density at radius 1 is 1.24 bits per heavy atom. The molecule has 152 valence electrons. The number of thiophene rings is 1. The van der Waals surface area contributed by atoms with Gasteiger partial charge in [-0.1, -0.05) is 18.2 Å². The minimum atomic E-state index is -1.13. The molecule has 0 radical (unpaired) electrons. The van der Waals surface area contributed by atoms with Gasteiger partial charge in [-0.15, -0.1) is 11.3 Å². The number of anilines is 1. The maximum atomic E-state index is 12.7. The van der Waals surface area contributed by atoms with E-state index in [2.05, 4.69) is 5.32 Å². The van der Waals surface area contributed by atoms with Crippen LogP contribution in [-0.2, 0) is 20.9 Å². The molecule has 2 heterocycles. The van der Waals surface area contributed by atoms with Gasteiger partial charge in [0.05, 0.1) is 12.2 Å². The quantitative estimate of drug-likeness (QED) is 0.544. The zero-order chi connectivity index (χ0) is 21.0. The number of hydrogen-bond donors (Lipinski definition) is 2. The van der Waals surface area contributed by atoms with Gasteiger partial charge in [0.2, 0.25) is 5.76 Å². The second kappa shape index (κ2) is 8.89. The van der Waals surface area contributed by atoms with Crippen molar-refractivity contribution in [1.29, 1.82) is 0 Å². The lowest BCUT2D eigenvalue weighted by atomic mass is 10.1. The molecule has 0 aliphatic carbocycles. The highest BCUT2D eigenvalue weighted by Crippen LogP contribution is 2.28. The SMILES string of the molecule is CCOCc1c(C(=O)O[C@@H](C)C(=O)Nc2sccc2C(N)=O)oc2ccccc12. The molecule has 0 saturated carbocycles. The van der Waals surface area contributed by atoms with Gasteiger partial charge in [0.1, 0.15) is 10.6 Å². The number of esters is 1. The molecule has 2 aromatic heterocycles. The van der Waals surface area contributed by atoms with Crippen molar-refractivity contribution in [3.05, 3.63) is 52.6 Å². The number of carbonyl (C=O) groups is 3. The van der Waals surface area contributed by atoms with Crippen LogP contribution in [0.15, 0.2) is 40.1 Å². The first-order chi connectivity index (χ1) is 13.9. The Labute approximate surface area is 170 Å². The summed E-state index contributed by atoms with van der Waals surface area (Å²) in [5, 5.41) is 5.22. The van der Waals surface area contributed by atoms with E-state index in [9.17, 15) is 14.4 Å². The van der Waals surface area contributed by atoms with Gasteiger partial charge >= 0.3 is 5.97 Å². The number of amides is 2. The Hall–Kier alpha value is -3.17. The monoisotopic (exact) mass is 416 g/mol. The first kappa shape index (κ1) is 20.6. The largest absolute Gasteiger partial charge is 0.449 e. The number of benzene rings is 1. The van der Waals surface area contributed by atoms with E-state index in [1.165, 1.54) is 13.0 Å². The van der Waals surface area contributed by atoms with E-state index in [0.29, 0.717) is 22.8 Å². The molecule has 3 rings (SSSR count). The fraction of sp³-hybridized carbons (Fsp3) is 0.250. The minimum absolute atomic E-state index is 0.00625. The third kappa shape index (κ3) is 4.47. The Kier molecular flexibility index (Phi) is 6.30. The summed E-state index contributed by atoms with van der Waals surface area (Å²) in [5.41, 5.74) is 6.55. The highest BCUT2D eigenvalue weighted by molar-refractivity contribution is 7.14. The molecule has 0 aliphatic rings. The third-order valence-corrected chi connectivity index (χ3v) is 4.98. The van der Waals surface area contributed by atoms with Crippen LogP contribution >= 0.6 is 11.3 Å². The fourth-order valence-corrected chi connectivity index (χ4v) is 3.49. The topological polar surface area (TPSA) is 121 Å². The van der Waals surface area contributed by atoms with Gasteiger partial charge in [-0.2, -0.15) is 0 Å². The van der Waals surface area contributed by atoms with E-state index in [1.807, 2.05) is 19.1 Å². The zero-order valence-corrected chi connectivity index (χ0v) is 16.7. The van der Waals surface area contributed by atoms with Crippen LogP contribution in [0.4, 0.5) is 5.00 Å². The van der Waals surface area contributed by atoms with E-state index in [1.54, 1.807) is 17.5 Å². The number of nitrogens with two attached hydrogens (primary N) is 1. The lowest BCUT2D eigenvalue weighted by molar-refractivity contribution is -0.123. The molecule has 0 spiro atoms. The fourth-order valence-electron chi connectivity index (χ4n) is 2.69. The third-order valence-electron chi connectivity index (χ3n) is 4.15. The summed E-state index contributed by atoms with van der Waals surface area (Å²) in [6.07, 6.45) is -1.13. The van der Waals surface area contributed by atoms with E-state index >= 15 is 0 Å². The van der Waals surface area contributed by atoms with E-state index < -0.39 is 23.9 Å². The van der Waals surface area contributed by atoms with Crippen LogP contribution in [0.3, 0.4) is 0 Å². The highest BCUT2D eigenvalue weighted by Gasteiger charge is 2.26. The number of hydrogen-bond acceptors (Lipinski definition) is 7. The molecule has 2 amide bonds. The summed E-state index contributed by atoms with van der Waals surface area (Å²) in [4.78, 5) is 36.4. The smallest absolute Gasteiger partial charge is 0.375 e. The normalized spacial score (nSPS) is 11.9. The Morgan fingerprint density at radius 3 is 2.72 bits per heavy atom. The van der Waals surface area contributed by atoms with Crippen molar-refractivity contribution in [3.8, 4) is 0 Å². The summed E-state index contributed by atoms with van der Waals surface area (Å²) >= 11 is 1.15. The minimum Gasteiger partial charge on any atom is -0.449 e. The number of carbonyl (C=O) groups excluding carboxylic acids is 3. The van der Waals surface area contributed by atoms with Gasteiger partial charge in [-0.05, 0) is 31.4 Å². The van der Waals surface area contributed by atoms with E-state index in [4.69, 9.17) is 19.6 Å². The van der Waals surface area contributed by atoms with Gasteiger partial charge in [-0.3, -0.25) is 9.59 Å². The lowest BCUT2D eigenvalue weighted by Crippen LogP contribution is -2.30. The molecule has 9 heteroatoms. The van der Waals surface area contributed by atoms with E-state index in [0.717, 1.165) is 16.7 Å². The number of furan rings is 1. The summed E-state index contributed by atoms with van der Waals surface area (Å²) < 4.78 is 16.4. The summed E-state index contributed by atoms with van der Waals surface area (Å²) in [7, 11) is 0. The first-order valence-corrected chi connectivity index (χ1v) is 9.77. The van der Waals surface area contributed by atoms with Gasteiger partial charge in [0, 0.05) is 17.6 Å².